The second kappa shape index (κ2) is 16.8. The van der Waals surface area contributed by atoms with Gasteiger partial charge in [-0.2, -0.15) is 0 Å². The van der Waals surface area contributed by atoms with E-state index < -0.39 is 5.91 Å². The van der Waals surface area contributed by atoms with Gasteiger partial charge in [0.1, 0.15) is 0 Å². The lowest BCUT2D eigenvalue weighted by Crippen LogP contribution is -2.50. The van der Waals surface area contributed by atoms with Gasteiger partial charge in [0.15, 0.2) is 0 Å². The first kappa shape index (κ1) is 27.5. The Bertz CT molecular complexity index is 701. The number of benzene rings is 2. The number of aryl methyl sites for hydroxylation is 1. The number of unbranched alkanes of at least 4 members (excludes halogenated alkanes) is 4. The third-order valence-electron chi connectivity index (χ3n) is 5.93. The van der Waals surface area contributed by atoms with Crippen LogP contribution < -0.4 is 0 Å². The fraction of sp³-hybridized carbons (Fsp3) is 0.586. The van der Waals surface area contributed by atoms with E-state index in [0.717, 1.165) is 52.0 Å². The molecule has 33 heavy (non-hydrogen) atoms. The van der Waals surface area contributed by atoms with Gasteiger partial charge >= 0.3 is 0 Å². The molecule has 2 rings (SSSR count). The molecular weight excluding hydrogens is 410 g/mol. The van der Waals surface area contributed by atoms with E-state index in [1.165, 1.54) is 30.4 Å². The van der Waals surface area contributed by atoms with Crippen molar-refractivity contribution in [2.24, 2.45) is 0 Å². The highest BCUT2D eigenvalue weighted by Crippen LogP contribution is 2.23. The molecule has 0 radical (unpaired) electrons. The lowest BCUT2D eigenvalue weighted by molar-refractivity contribution is -0.307. The van der Waals surface area contributed by atoms with Crippen molar-refractivity contribution in [2.75, 3.05) is 33.0 Å². The largest absolute Gasteiger partial charge is 0.381 e. The average molecular weight is 456 g/mol. The van der Waals surface area contributed by atoms with Crippen molar-refractivity contribution in [2.45, 2.75) is 78.2 Å². The molecule has 0 aliphatic carbocycles. The Hall–Kier alpha value is -1.72. The molecule has 0 saturated heterocycles. The van der Waals surface area contributed by atoms with Crippen molar-refractivity contribution in [1.29, 1.82) is 0 Å². The molecule has 0 unspecified atom stereocenters. The van der Waals surface area contributed by atoms with Crippen LogP contribution in [0.3, 0.4) is 0 Å². The number of ether oxygens (including phenoxy) is 3. The van der Waals surface area contributed by atoms with Crippen molar-refractivity contribution in [3.05, 3.63) is 71.8 Å². The molecule has 0 bridgehead atoms. The Balaban J connectivity index is 1.62. The number of rotatable bonds is 19. The summed E-state index contributed by atoms with van der Waals surface area (Å²) >= 11 is 0. The summed E-state index contributed by atoms with van der Waals surface area (Å²) in [5, 5.41) is 0. The lowest BCUT2D eigenvalue weighted by atomic mass is 10.1. The van der Waals surface area contributed by atoms with E-state index >= 15 is 0 Å². The number of hydrogen-bond donors (Lipinski definition) is 0. The van der Waals surface area contributed by atoms with E-state index in [9.17, 15) is 0 Å². The molecule has 0 N–H and O–H groups in total. The molecule has 0 spiro atoms. The molecule has 184 valence electrons. The first-order valence-corrected chi connectivity index (χ1v) is 12.9. The number of nitrogens with zero attached hydrogens (tertiary/aromatic N) is 1. The van der Waals surface area contributed by atoms with Gasteiger partial charge in [0.25, 0.3) is 0 Å². The molecule has 0 atom stereocenters. The van der Waals surface area contributed by atoms with Gasteiger partial charge in [-0.15, -0.1) is 0 Å². The topological polar surface area (TPSA) is 30.9 Å². The lowest BCUT2D eigenvalue weighted by Gasteiger charge is -2.40. The Morgan fingerprint density at radius 2 is 1.21 bits per heavy atom. The quantitative estimate of drug-likeness (QED) is 0.171. The fourth-order valence-electron chi connectivity index (χ4n) is 4.13. The van der Waals surface area contributed by atoms with E-state index in [0.29, 0.717) is 13.2 Å². The van der Waals surface area contributed by atoms with Gasteiger partial charge in [-0.3, -0.25) is 0 Å². The van der Waals surface area contributed by atoms with Crippen LogP contribution in [-0.2, 0) is 27.2 Å². The fourth-order valence-corrected chi connectivity index (χ4v) is 4.13. The van der Waals surface area contributed by atoms with Gasteiger partial charge in [0.2, 0.25) is 5.91 Å². The van der Waals surface area contributed by atoms with Crippen LogP contribution >= 0.6 is 0 Å². The van der Waals surface area contributed by atoms with Crippen molar-refractivity contribution in [1.82, 2.24) is 4.90 Å². The summed E-state index contributed by atoms with van der Waals surface area (Å²) in [6.45, 7) is 10.9. The summed E-state index contributed by atoms with van der Waals surface area (Å²) in [6, 6.07) is 21.3. The first-order valence-electron chi connectivity index (χ1n) is 12.9. The molecule has 0 aromatic heterocycles. The zero-order valence-electron chi connectivity index (χ0n) is 21.1. The second-order valence-electron chi connectivity index (χ2n) is 8.64. The van der Waals surface area contributed by atoms with E-state index in [1.807, 2.05) is 13.8 Å². The predicted octanol–water partition coefficient (Wildman–Crippen LogP) is 6.84. The maximum atomic E-state index is 6.06. The van der Waals surface area contributed by atoms with Crippen molar-refractivity contribution >= 4 is 0 Å². The van der Waals surface area contributed by atoms with Crippen LogP contribution in [0.4, 0.5) is 0 Å². The van der Waals surface area contributed by atoms with Crippen LogP contribution in [0.15, 0.2) is 60.7 Å². The first-order chi connectivity index (χ1) is 16.2. The molecule has 0 saturated carbocycles. The molecule has 4 nitrogen and oxygen atoms in total. The standard InChI is InChI=1S/C29H45NO3/c1-4-32-29(3,33-5-2)30(26-28-21-12-9-13-22-28)23-15-6-7-16-24-31-25-17-14-20-27-18-10-8-11-19-27/h8-13,18-19,21-22H,4-7,14-17,20,23-26H2,1-3H3. The molecule has 4 heteroatoms. The number of hydrogen-bond acceptors (Lipinski definition) is 4. The molecule has 0 heterocycles. The molecular formula is C29H45NO3. The van der Waals surface area contributed by atoms with Gasteiger partial charge in [-0.25, -0.2) is 4.90 Å². The smallest absolute Gasteiger partial charge is 0.227 e. The van der Waals surface area contributed by atoms with E-state index in [4.69, 9.17) is 14.2 Å². The van der Waals surface area contributed by atoms with Gasteiger partial charge < -0.3 is 14.2 Å². The van der Waals surface area contributed by atoms with Crippen LogP contribution in [0, 0.1) is 0 Å². The maximum Gasteiger partial charge on any atom is 0.227 e. The van der Waals surface area contributed by atoms with Crippen LogP contribution in [0.1, 0.15) is 70.4 Å². The van der Waals surface area contributed by atoms with Gasteiger partial charge in [0, 0.05) is 46.4 Å². The van der Waals surface area contributed by atoms with Crippen LogP contribution in [0.2, 0.25) is 0 Å². The monoisotopic (exact) mass is 455 g/mol. The minimum atomic E-state index is -0.692. The highest BCUT2D eigenvalue weighted by atomic mass is 16.7. The SMILES string of the molecule is CCOC(C)(OCC)N(CCCCCCOCCCCc1ccccc1)Cc1ccccc1. The molecule has 0 aliphatic rings. The van der Waals surface area contributed by atoms with Crippen molar-refractivity contribution in [3.8, 4) is 0 Å². The van der Waals surface area contributed by atoms with E-state index in [2.05, 4.69) is 72.5 Å². The summed E-state index contributed by atoms with van der Waals surface area (Å²) < 4.78 is 18.0. The summed E-state index contributed by atoms with van der Waals surface area (Å²) in [7, 11) is 0. The minimum absolute atomic E-state index is 0.629. The normalized spacial score (nSPS) is 11.9. The Morgan fingerprint density at radius 3 is 1.82 bits per heavy atom. The molecule has 0 aliphatic heterocycles. The van der Waals surface area contributed by atoms with Gasteiger partial charge in [-0.05, 0) is 57.1 Å². The van der Waals surface area contributed by atoms with Crippen LogP contribution in [-0.4, -0.2) is 43.8 Å². The van der Waals surface area contributed by atoms with E-state index in [-0.39, 0.29) is 0 Å². The average Bonchev–Trinajstić information content (AvgIpc) is 2.83. The Kier molecular flexibility index (Phi) is 14.0. The van der Waals surface area contributed by atoms with Crippen molar-refractivity contribution < 1.29 is 14.2 Å². The molecule has 0 amide bonds. The maximum absolute atomic E-state index is 6.06. The Morgan fingerprint density at radius 1 is 0.667 bits per heavy atom. The summed E-state index contributed by atoms with van der Waals surface area (Å²) in [5.74, 6) is -0.692. The Labute approximate surface area is 202 Å². The third-order valence-corrected chi connectivity index (χ3v) is 5.93. The van der Waals surface area contributed by atoms with Gasteiger partial charge in [-0.1, -0.05) is 73.5 Å². The third kappa shape index (κ3) is 11.3. The molecule has 0 fully saturated rings. The summed E-state index contributed by atoms with van der Waals surface area (Å²) in [5.41, 5.74) is 2.70. The highest BCUT2D eigenvalue weighted by molar-refractivity contribution is 5.15. The molecule has 2 aromatic rings. The highest BCUT2D eigenvalue weighted by Gasteiger charge is 2.33. The van der Waals surface area contributed by atoms with Crippen molar-refractivity contribution in [3.63, 3.8) is 0 Å². The summed E-state index contributed by atoms with van der Waals surface area (Å²) in [6.07, 6.45) is 8.12. The summed E-state index contributed by atoms with van der Waals surface area (Å²) in [4.78, 5) is 2.33. The zero-order valence-corrected chi connectivity index (χ0v) is 21.1. The van der Waals surface area contributed by atoms with Crippen LogP contribution in [0.5, 0.6) is 0 Å². The molecule has 2 aromatic carbocycles. The minimum Gasteiger partial charge on any atom is -0.381 e. The van der Waals surface area contributed by atoms with Gasteiger partial charge in [0.05, 0.1) is 0 Å². The van der Waals surface area contributed by atoms with Crippen LogP contribution in [0.25, 0.3) is 0 Å². The second-order valence-corrected chi connectivity index (χ2v) is 8.64. The zero-order chi connectivity index (χ0) is 23.6. The predicted molar refractivity (Wildman–Crippen MR) is 137 cm³/mol. The van der Waals surface area contributed by atoms with E-state index in [1.54, 1.807) is 0 Å².